The molecule has 0 heterocycles. The second-order valence-corrected chi connectivity index (χ2v) is 0. The summed E-state index contributed by atoms with van der Waals surface area (Å²) in [7, 11) is 0. The van der Waals surface area contributed by atoms with Gasteiger partial charge in [-0.05, 0) is 0 Å². The Bertz CT molecular complexity index is 8.00. The molecule has 0 aromatic carbocycles. The van der Waals surface area contributed by atoms with Crippen LogP contribution in [0.4, 0.5) is 0 Å². The van der Waals surface area contributed by atoms with Crippen LogP contribution in [-0.2, 0) is 33.6 Å². The van der Waals surface area contributed by atoms with Crippen LogP contribution in [0.3, 0.4) is 0 Å². The molecule has 0 radical (unpaired) electrons. The molecule has 0 rings (SSSR count). The fourth-order valence-corrected chi connectivity index (χ4v) is 0. The van der Waals surface area contributed by atoms with Crippen molar-refractivity contribution in [1.29, 1.82) is 0 Å². The summed E-state index contributed by atoms with van der Waals surface area (Å²) in [6, 6.07) is 0. The Kier molecular flexibility index (Phi) is 233. The van der Waals surface area contributed by atoms with Gasteiger partial charge in [-0.3, -0.25) is 0 Å². The predicted molar refractivity (Wildman–Crippen MR) is 12.2 cm³/mol. The Morgan fingerprint density at radius 3 is 1.00 bits per heavy atom. The van der Waals surface area contributed by atoms with E-state index in [-0.39, 0.29) is 62.1 Å². The molecule has 0 saturated heterocycles. The number of hydrogen-bond acceptors (Lipinski definition) is 0. The van der Waals surface area contributed by atoms with E-state index >= 15 is 0 Å². The average Bonchev–Trinajstić information content (AvgIpc) is 0. The topological polar surface area (TPSA) is 31.5 Å². The standard InChI is InChI=1S/Fe.Mg.Ni.H2O.2H/h;;;1H2;;. The minimum Gasteiger partial charge on any atom is -0.412 e. The Labute approximate surface area is 61.8 Å². The van der Waals surface area contributed by atoms with E-state index in [9.17, 15) is 0 Å². The smallest absolute Gasteiger partial charge is 0.316 e. The van der Waals surface area contributed by atoms with Crippen molar-refractivity contribution in [1.82, 2.24) is 0 Å². The molecule has 1 nitrogen and oxygen atoms in total. The summed E-state index contributed by atoms with van der Waals surface area (Å²) >= 11 is 0. The van der Waals surface area contributed by atoms with Gasteiger partial charge in [-0.25, -0.2) is 0 Å². The molecule has 0 atom stereocenters. The third kappa shape index (κ3) is 9.28. The van der Waals surface area contributed by atoms with Crippen molar-refractivity contribution in [2.45, 2.75) is 0 Å². The number of rotatable bonds is 0. The first-order chi connectivity index (χ1) is 0. The fourth-order valence-electron chi connectivity index (χ4n) is 0. The van der Waals surface area contributed by atoms with Crippen LogP contribution < -0.4 is 0 Å². The van der Waals surface area contributed by atoms with Gasteiger partial charge in [0.05, 0.1) is 0 Å². The predicted octanol–water partition coefficient (Wildman–Crippen LogP) is -1.75. The number of hydrogen-bond donors (Lipinski definition) is 0. The summed E-state index contributed by atoms with van der Waals surface area (Å²) in [5, 5.41) is 0. The van der Waals surface area contributed by atoms with Crippen LogP contribution in [0.1, 0.15) is 0 Å². The van der Waals surface area contributed by atoms with Crippen molar-refractivity contribution in [3.63, 3.8) is 0 Å². The van der Waals surface area contributed by atoms with Crippen molar-refractivity contribution in [3.05, 3.63) is 0 Å². The van der Waals surface area contributed by atoms with E-state index in [4.69, 9.17) is 0 Å². The molecular formula is H4FeMgNiO. The Morgan fingerprint density at radius 2 is 1.00 bits per heavy atom. The summed E-state index contributed by atoms with van der Waals surface area (Å²) in [6.07, 6.45) is 0. The molecule has 0 aromatic heterocycles. The molecule has 0 bridgehead atoms. The summed E-state index contributed by atoms with van der Waals surface area (Å²) in [5.74, 6) is 0. The van der Waals surface area contributed by atoms with Gasteiger partial charge >= 0.3 is 23.1 Å². The molecule has 0 fully saturated rings. The van der Waals surface area contributed by atoms with Gasteiger partial charge in [-0.1, -0.05) is 0 Å². The molecule has 0 aliphatic carbocycles. The van der Waals surface area contributed by atoms with Gasteiger partial charge in [-0.2, -0.15) is 0 Å². The normalized spacial score (nSPS) is 0. The van der Waals surface area contributed by atoms with Crippen LogP contribution >= 0.6 is 0 Å². The molecule has 0 unspecified atom stereocenters. The summed E-state index contributed by atoms with van der Waals surface area (Å²) in [6.45, 7) is 0. The molecule has 0 aliphatic rings. The van der Waals surface area contributed by atoms with E-state index in [1.807, 2.05) is 0 Å². The zero-order chi connectivity index (χ0) is 0. The minimum atomic E-state index is 0. The van der Waals surface area contributed by atoms with E-state index in [0.29, 0.717) is 0 Å². The van der Waals surface area contributed by atoms with Gasteiger partial charge in [0.1, 0.15) is 0 Å². The molecule has 0 amide bonds. The van der Waals surface area contributed by atoms with Crippen molar-refractivity contribution in [3.8, 4) is 0 Å². The maximum atomic E-state index is 0. The van der Waals surface area contributed by atoms with Gasteiger partial charge in [0.2, 0.25) is 0 Å². The fraction of sp³-hybridized carbons (Fsp3) is 0. The first-order valence-corrected chi connectivity index (χ1v) is 0. The minimum absolute atomic E-state index is 0. The second-order valence-electron chi connectivity index (χ2n) is 0. The molecule has 0 saturated carbocycles. The largest absolute Gasteiger partial charge is 0.412 e. The maximum Gasteiger partial charge on any atom is 0.316 e. The summed E-state index contributed by atoms with van der Waals surface area (Å²) in [4.78, 5) is 0. The molecule has 0 spiro atoms. The molecule has 0 aromatic rings. The first kappa shape index (κ1) is 42.6. The van der Waals surface area contributed by atoms with Gasteiger partial charge in [0, 0.05) is 33.6 Å². The van der Waals surface area contributed by atoms with Crippen LogP contribution in [0.5, 0.6) is 0 Å². The van der Waals surface area contributed by atoms with Crippen molar-refractivity contribution in [2.75, 3.05) is 0 Å². The maximum absolute atomic E-state index is 0. The SMILES string of the molecule is O.[Fe].[MgH2].[Ni]. The van der Waals surface area contributed by atoms with Gasteiger partial charge in [0.25, 0.3) is 0 Å². The second kappa shape index (κ2) is 21.9. The molecule has 30 valence electrons. The van der Waals surface area contributed by atoms with Crippen LogP contribution in [0.15, 0.2) is 0 Å². The zero-order valence-electron chi connectivity index (χ0n) is 1.17. The monoisotopic (exact) mass is 158 g/mol. The Balaban J connectivity index is 0. The van der Waals surface area contributed by atoms with Crippen molar-refractivity contribution >= 4 is 23.1 Å². The van der Waals surface area contributed by atoms with Crippen molar-refractivity contribution < 1.29 is 39.0 Å². The van der Waals surface area contributed by atoms with Crippen molar-refractivity contribution in [2.24, 2.45) is 0 Å². The summed E-state index contributed by atoms with van der Waals surface area (Å²) < 4.78 is 0. The molecule has 2 N–H and O–H groups in total. The van der Waals surface area contributed by atoms with E-state index in [2.05, 4.69) is 0 Å². The zero-order valence-corrected chi connectivity index (χ0v) is 3.26. The van der Waals surface area contributed by atoms with Gasteiger partial charge < -0.3 is 5.48 Å². The molecule has 4 heteroatoms. The molecular weight excluding hydrogens is 155 g/mol. The average molecular weight is 159 g/mol. The van der Waals surface area contributed by atoms with Gasteiger partial charge in [-0.15, -0.1) is 0 Å². The van der Waals surface area contributed by atoms with Gasteiger partial charge in [0.15, 0.2) is 0 Å². The van der Waals surface area contributed by atoms with E-state index in [0.717, 1.165) is 0 Å². The van der Waals surface area contributed by atoms with Crippen LogP contribution in [0, 0.1) is 0 Å². The first-order valence-electron chi connectivity index (χ1n) is 0. The third-order valence-electron chi connectivity index (χ3n) is 0. The third-order valence-corrected chi connectivity index (χ3v) is 0. The van der Waals surface area contributed by atoms with E-state index in [1.54, 1.807) is 0 Å². The van der Waals surface area contributed by atoms with Crippen LogP contribution in [-0.4, -0.2) is 28.5 Å². The van der Waals surface area contributed by atoms with E-state index < -0.39 is 0 Å². The summed E-state index contributed by atoms with van der Waals surface area (Å²) in [5.41, 5.74) is 0. The van der Waals surface area contributed by atoms with Crippen LogP contribution in [0.25, 0.3) is 0 Å². The molecule has 4 heavy (non-hydrogen) atoms. The quantitative estimate of drug-likeness (QED) is 0.375. The Morgan fingerprint density at radius 1 is 1.00 bits per heavy atom. The van der Waals surface area contributed by atoms with E-state index in [1.165, 1.54) is 0 Å². The molecule has 0 aliphatic heterocycles. The Hall–Kier alpha value is 1.74. The van der Waals surface area contributed by atoms with Crippen LogP contribution in [0.2, 0.25) is 0 Å².